The molecule has 0 heterocycles. The number of halogens is 3. The van der Waals surface area contributed by atoms with Gasteiger partial charge in [-0.05, 0) is 13.3 Å². The highest BCUT2D eigenvalue weighted by atomic mass is 31.2. The molecule has 19 heavy (non-hydrogen) atoms. The molecule has 0 spiro atoms. The fourth-order valence-corrected chi connectivity index (χ4v) is 2.16. The lowest BCUT2D eigenvalue weighted by Gasteiger charge is -2.22. The van der Waals surface area contributed by atoms with Crippen molar-refractivity contribution in [3.05, 3.63) is 0 Å². The third kappa shape index (κ3) is 7.54. The lowest BCUT2D eigenvalue weighted by atomic mass is 10.3. The van der Waals surface area contributed by atoms with E-state index in [2.05, 4.69) is 9.26 Å². The Morgan fingerprint density at radius 2 is 1.89 bits per heavy atom. The summed E-state index contributed by atoms with van der Waals surface area (Å²) < 4.78 is 62.8. The van der Waals surface area contributed by atoms with Crippen molar-refractivity contribution in [1.29, 1.82) is 0 Å². The van der Waals surface area contributed by atoms with Crippen molar-refractivity contribution in [3.8, 4) is 0 Å². The molecule has 2 atom stereocenters. The van der Waals surface area contributed by atoms with Crippen LogP contribution in [0.5, 0.6) is 0 Å². The number of carbonyl (C=O) groups is 1. The van der Waals surface area contributed by atoms with Crippen LogP contribution in [0.25, 0.3) is 0 Å². The number of rotatable bonds is 8. The summed E-state index contributed by atoms with van der Waals surface area (Å²) >= 11 is 0. The van der Waals surface area contributed by atoms with E-state index >= 15 is 0 Å². The lowest BCUT2D eigenvalue weighted by molar-refractivity contribution is -0.212. The van der Waals surface area contributed by atoms with E-state index in [9.17, 15) is 22.5 Å². The topological polar surface area (TPSA) is 61.8 Å². The molecule has 0 aromatic rings. The zero-order chi connectivity index (χ0) is 15.1. The van der Waals surface area contributed by atoms with Gasteiger partial charge in [-0.3, -0.25) is 9.09 Å². The van der Waals surface area contributed by atoms with E-state index in [0.29, 0.717) is 6.42 Å². The zero-order valence-corrected chi connectivity index (χ0v) is 11.9. The van der Waals surface area contributed by atoms with Gasteiger partial charge >= 0.3 is 19.7 Å². The van der Waals surface area contributed by atoms with Gasteiger partial charge in [0.15, 0.2) is 0 Å². The van der Waals surface area contributed by atoms with Crippen LogP contribution in [0, 0.1) is 0 Å². The SMILES string of the molecule is CCCCOP(C)(=O)OC(C(=O)OCC)C(F)(F)F. The number of hydrogen-bond acceptors (Lipinski definition) is 5. The first kappa shape index (κ1) is 18.4. The molecule has 5 nitrogen and oxygen atoms in total. The molecular formula is C10H18F3O5P. The molecule has 0 radical (unpaired) electrons. The first-order valence-corrected chi connectivity index (χ1v) is 7.76. The number of hydrogen-bond donors (Lipinski definition) is 0. The number of alkyl halides is 3. The molecule has 0 bridgehead atoms. The van der Waals surface area contributed by atoms with E-state index in [4.69, 9.17) is 4.52 Å². The van der Waals surface area contributed by atoms with Gasteiger partial charge in [-0.2, -0.15) is 13.2 Å². The van der Waals surface area contributed by atoms with Gasteiger partial charge in [0.2, 0.25) is 0 Å². The molecule has 0 saturated carbocycles. The Labute approximate surface area is 109 Å². The van der Waals surface area contributed by atoms with E-state index in [1.807, 2.05) is 6.92 Å². The molecule has 2 unspecified atom stereocenters. The molecule has 0 N–H and O–H groups in total. The molecule has 0 aliphatic carbocycles. The van der Waals surface area contributed by atoms with Crippen LogP contribution >= 0.6 is 7.60 Å². The summed E-state index contributed by atoms with van der Waals surface area (Å²) in [5.41, 5.74) is 0. The molecule has 0 aliphatic rings. The summed E-state index contributed by atoms with van der Waals surface area (Å²) in [4.78, 5) is 11.2. The average molecular weight is 306 g/mol. The van der Waals surface area contributed by atoms with E-state index in [-0.39, 0.29) is 13.2 Å². The number of carbonyl (C=O) groups excluding carboxylic acids is 1. The van der Waals surface area contributed by atoms with Crippen LogP contribution in [0.1, 0.15) is 26.7 Å². The largest absolute Gasteiger partial charge is 0.464 e. The molecule has 0 aliphatic heterocycles. The predicted octanol–water partition coefficient (Wildman–Crippen LogP) is 3.14. The Morgan fingerprint density at radius 1 is 1.32 bits per heavy atom. The van der Waals surface area contributed by atoms with Crippen molar-refractivity contribution < 1.29 is 36.3 Å². The van der Waals surface area contributed by atoms with Gasteiger partial charge < -0.3 is 9.26 Å². The Balaban J connectivity index is 4.72. The van der Waals surface area contributed by atoms with Gasteiger partial charge in [0.1, 0.15) is 0 Å². The molecule has 0 aromatic carbocycles. The van der Waals surface area contributed by atoms with Crippen molar-refractivity contribution in [2.75, 3.05) is 19.9 Å². The highest BCUT2D eigenvalue weighted by Crippen LogP contribution is 2.48. The highest BCUT2D eigenvalue weighted by molar-refractivity contribution is 7.53. The second-order valence-corrected chi connectivity index (χ2v) is 5.75. The summed E-state index contributed by atoms with van der Waals surface area (Å²) in [6.07, 6.45) is -6.66. The quantitative estimate of drug-likeness (QED) is 0.392. The van der Waals surface area contributed by atoms with Gasteiger partial charge in [-0.15, -0.1) is 0 Å². The molecule has 0 aromatic heterocycles. The van der Waals surface area contributed by atoms with Crippen LogP contribution in [0.3, 0.4) is 0 Å². The Hall–Kier alpha value is -0.590. The van der Waals surface area contributed by atoms with Crippen molar-refractivity contribution in [2.24, 2.45) is 0 Å². The van der Waals surface area contributed by atoms with Gasteiger partial charge in [-0.1, -0.05) is 13.3 Å². The third-order valence-electron chi connectivity index (χ3n) is 1.92. The zero-order valence-electron chi connectivity index (χ0n) is 11.0. The molecule has 0 fully saturated rings. The first-order valence-electron chi connectivity index (χ1n) is 5.77. The molecule has 9 heteroatoms. The summed E-state index contributed by atoms with van der Waals surface area (Å²) in [7, 11) is -3.97. The predicted molar refractivity (Wildman–Crippen MR) is 62.0 cm³/mol. The first-order chi connectivity index (χ1) is 8.64. The number of esters is 1. The number of unbranched alkanes of at least 4 members (excludes halogenated alkanes) is 1. The van der Waals surface area contributed by atoms with Crippen LogP contribution < -0.4 is 0 Å². The Bertz CT molecular complexity index is 332. The molecular weight excluding hydrogens is 288 g/mol. The minimum absolute atomic E-state index is 0.00230. The lowest BCUT2D eigenvalue weighted by Crippen LogP contribution is -2.39. The average Bonchev–Trinajstić information content (AvgIpc) is 2.25. The summed E-state index contributed by atoms with van der Waals surface area (Å²) in [6.45, 7) is 3.84. The molecule has 0 amide bonds. The summed E-state index contributed by atoms with van der Waals surface area (Å²) in [6, 6.07) is 0. The third-order valence-corrected chi connectivity index (χ3v) is 3.16. The monoisotopic (exact) mass is 306 g/mol. The highest BCUT2D eigenvalue weighted by Gasteiger charge is 2.50. The van der Waals surface area contributed by atoms with Crippen LogP contribution in [-0.4, -0.2) is 38.1 Å². The van der Waals surface area contributed by atoms with Crippen molar-refractivity contribution >= 4 is 13.6 Å². The Morgan fingerprint density at radius 3 is 2.32 bits per heavy atom. The standard InChI is InChI=1S/C10H18F3O5P/c1-4-6-7-17-19(3,15)18-8(10(11,12)13)9(14)16-5-2/h8H,4-7H2,1-3H3. The van der Waals surface area contributed by atoms with Crippen LogP contribution in [0.2, 0.25) is 0 Å². The number of ether oxygens (including phenoxy) is 1. The minimum atomic E-state index is -5.01. The van der Waals surface area contributed by atoms with Crippen molar-refractivity contribution in [1.82, 2.24) is 0 Å². The van der Waals surface area contributed by atoms with Gasteiger partial charge in [0, 0.05) is 6.66 Å². The van der Waals surface area contributed by atoms with Gasteiger partial charge in [0.25, 0.3) is 6.10 Å². The van der Waals surface area contributed by atoms with E-state index in [1.54, 1.807) is 0 Å². The smallest absolute Gasteiger partial charge is 0.426 e. The van der Waals surface area contributed by atoms with Crippen LogP contribution in [0.4, 0.5) is 13.2 Å². The molecule has 0 rings (SSSR count). The summed E-state index contributed by atoms with van der Waals surface area (Å²) in [5.74, 6) is -1.63. The normalized spacial score (nSPS) is 16.7. The van der Waals surface area contributed by atoms with E-state index < -0.39 is 25.8 Å². The Kier molecular flexibility index (Phi) is 7.62. The minimum Gasteiger partial charge on any atom is -0.464 e. The maximum Gasteiger partial charge on any atom is 0.426 e. The summed E-state index contributed by atoms with van der Waals surface area (Å²) in [5, 5.41) is 0. The maximum absolute atomic E-state index is 12.6. The van der Waals surface area contributed by atoms with E-state index in [0.717, 1.165) is 13.1 Å². The van der Waals surface area contributed by atoms with E-state index in [1.165, 1.54) is 6.92 Å². The van der Waals surface area contributed by atoms with Crippen molar-refractivity contribution in [3.63, 3.8) is 0 Å². The second-order valence-electron chi connectivity index (χ2n) is 3.74. The maximum atomic E-state index is 12.6. The fourth-order valence-electron chi connectivity index (χ4n) is 1.05. The van der Waals surface area contributed by atoms with Crippen molar-refractivity contribution in [2.45, 2.75) is 39.0 Å². The molecule has 114 valence electrons. The fraction of sp³-hybridized carbons (Fsp3) is 0.900. The van der Waals surface area contributed by atoms with Gasteiger partial charge in [0.05, 0.1) is 13.2 Å². The van der Waals surface area contributed by atoms with Gasteiger partial charge in [-0.25, -0.2) is 4.79 Å². The van der Waals surface area contributed by atoms with Crippen LogP contribution in [-0.2, 0) is 23.1 Å². The second kappa shape index (κ2) is 7.87. The van der Waals surface area contributed by atoms with Crippen LogP contribution in [0.15, 0.2) is 0 Å². The molecule has 0 saturated heterocycles.